The van der Waals surface area contributed by atoms with Crippen molar-refractivity contribution in [2.24, 2.45) is 0 Å². The number of carbonyl (C=O) groups is 1. The maximum atomic E-state index is 13.2. The van der Waals surface area contributed by atoms with Crippen LogP contribution in [0.25, 0.3) is 0 Å². The van der Waals surface area contributed by atoms with Gasteiger partial charge >= 0.3 is 0 Å². The summed E-state index contributed by atoms with van der Waals surface area (Å²) in [5.74, 6) is 0.718. The molecule has 1 fully saturated rings. The molecule has 0 spiro atoms. The minimum atomic E-state index is -3.46. The molecule has 1 heterocycles. The van der Waals surface area contributed by atoms with Crippen LogP contribution in [0.1, 0.15) is 51.6 Å². The van der Waals surface area contributed by atoms with Crippen LogP contribution in [0.15, 0.2) is 58.1 Å². The third-order valence-electron chi connectivity index (χ3n) is 4.90. The van der Waals surface area contributed by atoms with Crippen molar-refractivity contribution in [1.29, 1.82) is 0 Å². The van der Waals surface area contributed by atoms with Gasteiger partial charge in [-0.05, 0) is 36.1 Å². The van der Waals surface area contributed by atoms with Gasteiger partial charge < -0.3 is 4.52 Å². The quantitative estimate of drug-likeness (QED) is 0.556. The minimum Gasteiger partial charge on any atom is -0.360 e. The van der Waals surface area contributed by atoms with Gasteiger partial charge in [-0.25, -0.2) is 8.42 Å². The molecule has 3 aromatic rings. The number of benzene rings is 2. The SMILES string of the molecule is CS(=O)(=O)c1cccc(Cl)c1Cc1ccccc1C(=O)c1cnoc1C1CC1. The van der Waals surface area contributed by atoms with Crippen LogP contribution >= 0.6 is 11.6 Å². The molecule has 28 heavy (non-hydrogen) atoms. The van der Waals surface area contributed by atoms with Crippen molar-refractivity contribution in [3.8, 4) is 0 Å². The zero-order chi connectivity index (χ0) is 19.9. The molecule has 7 heteroatoms. The van der Waals surface area contributed by atoms with Crippen molar-refractivity contribution in [3.63, 3.8) is 0 Å². The van der Waals surface area contributed by atoms with Gasteiger partial charge in [0.2, 0.25) is 0 Å². The van der Waals surface area contributed by atoms with E-state index in [0.29, 0.717) is 33.0 Å². The molecule has 0 unspecified atom stereocenters. The second kappa shape index (κ2) is 7.18. The van der Waals surface area contributed by atoms with Gasteiger partial charge in [0.05, 0.1) is 16.7 Å². The van der Waals surface area contributed by atoms with Gasteiger partial charge in [0, 0.05) is 29.2 Å². The highest BCUT2D eigenvalue weighted by molar-refractivity contribution is 7.90. The number of hydrogen-bond acceptors (Lipinski definition) is 5. The fraction of sp³-hybridized carbons (Fsp3) is 0.238. The van der Waals surface area contributed by atoms with Crippen LogP contribution < -0.4 is 0 Å². The van der Waals surface area contributed by atoms with Crippen LogP contribution in [0, 0.1) is 0 Å². The van der Waals surface area contributed by atoms with Crippen LogP contribution in [0.4, 0.5) is 0 Å². The molecule has 0 radical (unpaired) electrons. The smallest absolute Gasteiger partial charge is 0.198 e. The summed E-state index contributed by atoms with van der Waals surface area (Å²) in [6.07, 6.45) is 4.83. The fourth-order valence-electron chi connectivity index (χ4n) is 3.35. The number of rotatable bonds is 6. The van der Waals surface area contributed by atoms with E-state index in [0.717, 1.165) is 19.1 Å². The Morgan fingerprint density at radius 2 is 1.89 bits per heavy atom. The van der Waals surface area contributed by atoms with Gasteiger partial charge in [-0.1, -0.05) is 47.1 Å². The van der Waals surface area contributed by atoms with Crippen molar-refractivity contribution in [2.75, 3.05) is 6.26 Å². The van der Waals surface area contributed by atoms with E-state index in [1.54, 1.807) is 24.3 Å². The lowest BCUT2D eigenvalue weighted by molar-refractivity contribution is 0.103. The van der Waals surface area contributed by atoms with E-state index in [9.17, 15) is 13.2 Å². The number of ketones is 1. The predicted molar refractivity (Wildman–Crippen MR) is 106 cm³/mol. The lowest BCUT2D eigenvalue weighted by atomic mass is 9.94. The zero-order valence-electron chi connectivity index (χ0n) is 15.2. The Bertz CT molecular complexity index is 1160. The van der Waals surface area contributed by atoms with Crippen molar-refractivity contribution in [3.05, 3.63) is 81.7 Å². The van der Waals surface area contributed by atoms with Gasteiger partial charge in [0.1, 0.15) is 0 Å². The molecule has 1 aliphatic rings. The summed E-state index contributed by atoms with van der Waals surface area (Å²) in [4.78, 5) is 13.4. The number of nitrogens with zero attached hydrogens (tertiary/aromatic N) is 1. The van der Waals surface area contributed by atoms with E-state index in [1.807, 2.05) is 12.1 Å². The molecule has 1 saturated carbocycles. The third kappa shape index (κ3) is 3.62. The molecule has 0 aliphatic heterocycles. The molecule has 0 N–H and O–H groups in total. The number of halogens is 1. The van der Waals surface area contributed by atoms with E-state index >= 15 is 0 Å². The van der Waals surface area contributed by atoms with Crippen LogP contribution in [0.2, 0.25) is 5.02 Å². The molecular weight excluding hydrogens is 398 g/mol. The van der Waals surface area contributed by atoms with Crippen molar-refractivity contribution >= 4 is 27.2 Å². The highest BCUT2D eigenvalue weighted by atomic mass is 35.5. The van der Waals surface area contributed by atoms with Gasteiger partial charge in [-0.2, -0.15) is 0 Å². The summed E-state index contributed by atoms with van der Waals surface area (Å²) in [5, 5.41) is 4.16. The summed E-state index contributed by atoms with van der Waals surface area (Å²) in [5.41, 5.74) is 2.15. The molecule has 0 saturated heterocycles. The highest BCUT2D eigenvalue weighted by Crippen LogP contribution is 2.42. The van der Waals surface area contributed by atoms with E-state index in [4.69, 9.17) is 16.1 Å². The van der Waals surface area contributed by atoms with Gasteiger partial charge in [0.15, 0.2) is 21.4 Å². The summed E-state index contributed by atoms with van der Waals surface area (Å²) in [6, 6.07) is 11.9. The molecule has 5 nitrogen and oxygen atoms in total. The van der Waals surface area contributed by atoms with E-state index in [1.165, 1.54) is 12.3 Å². The summed E-state index contributed by atoms with van der Waals surface area (Å²) in [6.45, 7) is 0. The van der Waals surface area contributed by atoms with Crippen LogP contribution in [-0.4, -0.2) is 25.6 Å². The number of sulfone groups is 1. The zero-order valence-corrected chi connectivity index (χ0v) is 16.8. The molecule has 1 aromatic heterocycles. The fourth-order valence-corrected chi connectivity index (χ4v) is 4.60. The molecular formula is C21H18ClNO4S. The van der Waals surface area contributed by atoms with Crippen molar-refractivity contribution < 1.29 is 17.7 Å². The van der Waals surface area contributed by atoms with Gasteiger partial charge in [0.25, 0.3) is 0 Å². The molecule has 2 aromatic carbocycles. The Hall–Kier alpha value is -2.44. The Balaban J connectivity index is 1.76. The third-order valence-corrected chi connectivity index (χ3v) is 6.43. The summed E-state index contributed by atoms with van der Waals surface area (Å²) in [7, 11) is -3.46. The van der Waals surface area contributed by atoms with Gasteiger partial charge in [-0.15, -0.1) is 0 Å². The van der Waals surface area contributed by atoms with Crippen LogP contribution in [0.3, 0.4) is 0 Å². The molecule has 1 aliphatic carbocycles. The Morgan fingerprint density at radius 1 is 1.14 bits per heavy atom. The summed E-state index contributed by atoms with van der Waals surface area (Å²) < 4.78 is 29.7. The van der Waals surface area contributed by atoms with E-state index in [-0.39, 0.29) is 23.0 Å². The van der Waals surface area contributed by atoms with Crippen molar-refractivity contribution in [1.82, 2.24) is 5.16 Å². The van der Waals surface area contributed by atoms with Crippen molar-refractivity contribution in [2.45, 2.75) is 30.1 Å². The van der Waals surface area contributed by atoms with E-state index in [2.05, 4.69) is 5.16 Å². The average molecular weight is 416 g/mol. The van der Waals surface area contributed by atoms with Crippen LogP contribution in [-0.2, 0) is 16.3 Å². The Morgan fingerprint density at radius 3 is 2.61 bits per heavy atom. The Kier molecular flexibility index (Phi) is 4.85. The van der Waals surface area contributed by atoms with E-state index < -0.39 is 9.84 Å². The standard InChI is InChI=1S/C21H18ClNO4S/c1-28(25,26)19-8-4-7-18(22)16(19)11-14-5-2-3-6-15(14)20(24)17-12-23-27-21(17)13-9-10-13/h2-8,12-13H,9-11H2,1H3. The maximum Gasteiger partial charge on any atom is 0.198 e. The first kappa shape index (κ1) is 18.9. The number of aromatic nitrogens is 1. The van der Waals surface area contributed by atoms with Gasteiger partial charge in [-0.3, -0.25) is 4.79 Å². The molecule has 0 atom stereocenters. The molecule has 144 valence electrons. The second-order valence-electron chi connectivity index (χ2n) is 7.03. The first-order chi connectivity index (χ1) is 13.4. The second-order valence-corrected chi connectivity index (χ2v) is 9.42. The predicted octanol–water partition coefficient (Wildman–Crippen LogP) is 4.43. The first-order valence-corrected chi connectivity index (χ1v) is 11.2. The number of hydrogen-bond donors (Lipinski definition) is 0. The Labute approximate surface area is 168 Å². The summed E-state index contributed by atoms with van der Waals surface area (Å²) >= 11 is 6.32. The molecule has 0 amide bonds. The van der Waals surface area contributed by atoms with Crippen LogP contribution in [0.5, 0.6) is 0 Å². The maximum absolute atomic E-state index is 13.2. The molecule has 0 bridgehead atoms. The average Bonchev–Trinajstić information content (AvgIpc) is 3.39. The monoisotopic (exact) mass is 415 g/mol. The lowest BCUT2D eigenvalue weighted by Crippen LogP contribution is -2.09. The minimum absolute atomic E-state index is 0.172. The normalized spacial score (nSPS) is 14.2. The first-order valence-electron chi connectivity index (χ1n) is 8.91. The number of carbonyl (C=O) groups excluding carboxylic acids is 1. The lowest BCUT2D eigenvalue weighted by Gasteiger charge is -2.13. The largest absolute Gasteiger partial charge is 0.360 e. The topological polar surface area (TPSA) is 77.2 Å². The highest BCUT2D eigenvalue weighted by Gasteiger charge is 2.33. The molecule has 4 rings (SSSR count).